The minimum atomic E-state index is -4.43. The van der Waals surface area contributed by atoms with Crippen molar-refractivity contribution in [3.8, 4) is 0 Å². The third-order valence-corrected chi connectivity index (χ3v) is 5.10. The fraction of sp³-hybridized carbons (Fsp3) is 0.375. The average molecular weight is 397 g/mol. The fourth-order valence-electron chi connectivity index (χ4n) is 2.93. The molecule has 2 aromatic rings. The summed E-state index contributed by atoms with van der Waals surface area (Å²) in [5, 5.41) is 5.24. The zero-order valence-corrected chi connectivity index (χ0v) is 15.0. The van der Waals surface area contributed by atoms with Crippen LogP contribution in [0.25, 0.3) is 0 Å². The van der Waals surface area contributed by atoms with Gasteiger partial charge in [-0.05, 0) is 29.1 Å². The number of alkyl halides is 3. The van der Waals surface area contributed by atoms with Gasteiger partial charge in [-0.25, -0.2) is 0 Å². The molecule has 0 bridgehead atoms. The van der Waals surface area contributed by atoms with Gasteiger partial charge < -0.3 is 5.32 Å². The molecular formula is C16H17Cl2F3N2S. The third kappa shape index (κ3) is 4.24. The van der Waals surface area contributed by atoms with E-state index in [1.165, 1.54) is 23.5 Å². The van der Waals surface area contributed by atoms with E-state index in [2.05, 4.69) is 10.2 Å². The number of nitrogens with zero attached hydrogens (tertiary/aromatic N) is 1. The molecule has 8 heteroatoms. The summed E-state index contributed by atoms with van der Waals surface area (Å²) in [6.45, 7) is 2.97. The van der Waals surface area contributed by atoms with Crippen molar-refractivity contribution in [2.24, 2.45) is 0 Å². The first-order valence-electron chi connectivity index (χ1n) is 7.31. The van der Waals surface area contributed by atoms with Crippen LogP contribution in [0.5, 0.6) is 0 Å². The molecule has 1 N–H and O–H groups in total. The van der Waals surface area contributed by atoms with Crippen LogP contribution in [0, 0.1) is 0 Å². The molecule has 0 spiro atoms. The second-order valence-electron chi connectivity index (χ2n) is 5.43. The van der Waals surface area contributed by atoms with Crippen LogP contribution in [0.2, 0.25) is 5.02 Å². The van der Waals surface area contributed by atoms with E-state index in [1.807, 2.05) is 17.5 Å². The molecule has 24 heavy (non-hydrogen) atoms. The van der Waals surface area contributed by atoms with E-state index in [4.69, 9.17) is 11.6 Å². The largest absolute Gasteiger partial charge is 0.416 e. The van der Waals surface area contributed by atoms with Gasteiger partial charge in [0.1, 0.15) is 0 Å². The normalized spacial score (nSPS) is 17.3. The predicted octanol–water partition coefficient (Wildman–Crippen LogP) is 4.84. The van der Waals surface area contributed by atoms with Gasteiger partial charge in [0.05, 0.1) is 11.6 Å². The molecule has 3 rings (SSSR count). The number of rotatable bonds is 3. The zero-order valence-electron chi connectivity index (χ0n) is 12.6. The van der Waals surface area contributed by atoms with Crippen molar-refractivity contribution >= 4 is 35.3 Å². The van der Waals surface area contributed by atoms with Crippen LogP contribution in [0.3, 0.4) is 0 Å². The Bertz CT molecular complexity index is 656. The standard InChI is InChI=1S/C16H16ClF3N2S.ClH/c17-11-3-4-12(13(10-11)16(18,19)20)15(14-2-1-9-23-14)22-7-5-21-6-8-22;/h1-4,9-10,15,21H,5-8H2;1H/t15-;/m1./s1. The van der Waals surface area contributed by atoms with Crippen molar-refractivity contribution in [1.82, 2.24) is 10.2 Å². The highest BCUT2D eigenvalue weighted by atomic mass is 35.5. The van der Waals surface area contributed by atoms with Gasteiger partial charge in [0, 0.05) is 36.1 Å². The van der Waals surface area contributed by atoms with E-state index in [-0.39, 0.29) is 23.0 Å². The van der Waals surface area contributed by atoms with Gasteiger partial charge in [-0.1, -0.05) is 23.7 Å². The Kier molecular flexibility index (Phi) is 6.56. The summed E-state index contributed by atoms with van der Waals surface area (Å²) in [7, 11) is 0. The van der Waals surface area contributed by atoms with Crippen molar-refractivity contribution in [3.05, 3.63) is 56.7 Å². The Morgan fingerprint density at radius 2 is 1.88 bits per heavy atom. The second-order valence-corrected chi connectivity index (χ2v) is 6.85. The topological polar surface area (TPSA) is 15.3 Å². The summed E-state index contributed by atoms with van der Waals surface area (Å²) in [5.41, 5.74) is -0.381. The Labute approximate surface area is 154 Å². The summed E-state index contributed by atoms with van der Waals surface area (Å²) in [6.07, 6.45) is -4.43. The number of hydrogen-bond donors (Lipinski definition) is 1. The molecule has 0 radical (unpaired) electrons. The summed E-state index contributed by atoms with van der Waals surface area (Å²) < 4.78 is 40.5. The smallest absolute Gasteiger partial charge is 0.314 e. The first kappa shape index (κ1) is 19.5. The lowest BCUT2D eigenvalue weighted by atomic mass is 9.96. The maximum absolute atomic E-state index is 13.5. The van der Waals surface area contributed by atoms with Gasteiger partial charge in [-0.15, -0.1) is 23.7 Å². The Morgan fingerprint density at radius 1 is 1.17 bits per heavy atom. The van der Waals surface area contributed by atoms with Gasteiger partial charge in [-0.3, -0.25) is 4.90 Å². The van der Waals surface area contributed by atoms with Crippen LogP contribution in [-0.4, -0.2) is 31.1 Å². The average Bonchev–Trinajstić information content (AvgIpc) is 3.03. The molecule has 132 valence electrons. The third-order valence-electron chi connectivity index (χ3n) is 3.94. The van der Waals surface area contributed by atoms with Gasteiger partial charge in [0.15, 0.2) is 0 Å². The van der Waals surface area contributed by atoms with Crippen molar-refractivity contribution in [2.75, 3.05) is 26.2 Å². The molecule has 0 amide bonds. The molecule has 1 fully saturated rings. The highest BCUT2D eigenvalue weighted by Gasteiger charge is 2.37. The van der Waals surface area contributed by atoms with Crippen LogP contribution >= 0.6 is 35.3 Å². The number of halogens is 5. The highest BCUT2D eigenvalue weighted by molar-refractivity contribution is 7.10. The lowest BCUT2D eigenvalue weighted by molar-refractivity contribution is -0.138. The SMILES string of the molecule is Cl.FC(F)(F)c1cc(Cl)ccc1[C@H](c1cccs1)N1CCNCC1. The summed E-state index contributed by atoms with van der Waals surface area (Å²) >= 11 is 7.30. The second kappa shape index (κ2) is 8.06. The maximum atomic E-state index is 13.5. The lowest BCUT2D eigenvalue weighted by Gasteiger charge is -2.35. The van der Waals surface area contributed by atoms with E-state index < -0.39 is 17.8 Å². The molecule has 1 atom stereocenters. The van der Waals surface area contributed by atoms with E-state index in [1.54, 1.807) is 0 Å². The monoisotopic (exact) mass is 396 g/mol. The maximum Gasteiger partial charge on any atom is 0.416 e. The van der Waals surface area contributed by atoms with Gasteiger partial charge in [-0.2, -0.15) is 13.2 Å². The van der Waals surface area contributed by atoms with Gasteiger partial charge in [0.2, 0.25) is 0 Å². The molecule has 1 aromatic carbocycles. The van der Waals surface area contributed by atoms with Crippen LogP contribution in [0.15, 0.2) is 35.7 Å². The summed E-state index contributed by atoms with van der Waals surface area (Å²) in [5.74, 6) is 0. The molecule has 0 saturated carbocycles. The van der Waals surface area contributed by atoms with E-state index in [9.17, 15) is 13.2 Å². The van der Waals surface area contributed by atoms with Crippen molar-refractivity contribution < 1.29 is 13.2 Å². The molecule has 1 aliphatic heterocycles. The number of piperazine rings is 1. The van der Waals surface area contributed by atoms with Crippen LogP contribution in [0.4, 0.5) is 13.2 Å². The van der Waals surface area contributed by atoms with Gasteiger partial charge >= 0.3 is 6.18 Å². The van der Waals surface area contributed by atoms with Gasteiger partial charge in [0.25, 0.3) is 0 Å². The molecule has 1 aliphatic rings. The number of hydrogen-bond acceptors (Lipinski definition) is 3. The first-order chi connectivity index (χ1) is 11.0. The molecule has 0 aliphatic carbocycles. The Balaban J connectivity index is 0.00000208. The minimum Gasteiger partial charge on any atom is -0.314 e. The molecule has 1 aromatic heterocycles. The molecule has 0 unspecified atom stereocenters. The minimum absolute atomic E-state index is 0. The van der Waals surface area contributed by atoms with Crippen molar-refractivity contribution in [1.29, 1.82) is 0 Å². The summed E-state index contributed by atoms with van der Waals surface area (Å²) in [6, 6.07) is 7.45. The molecule has 2 nitrogen and oxygen atoms in total. The number of thiophene rings is 1. The zero-order chi connectivity index (χ0) is 16.4. The van der Waals surface area contributed by atoms with Crippen molar-refractivity contribution in [2.45, 2.75) is 12.2 Å². The summed E-state index contributed by atoms with van der Waals surface area (Å²) in [4.78, 5) is 3.01. The highest BCUT2D eigenvalue weighted by Crippen LogP contribution is 2.41. The quantitative estimate of drug-likeness (QED) is 0.798. The van der Waals surface area contributed by atoms with Crippen molar-refractivity contribution in [3.63, 3.8) is 0 Å². The van der Waals surface area contributed by atoms with Crippen LogP contribution in [0.1, 0.15) is 22.0 Å². The molecule has 1 saturated heterocycles. The van der Waals surface area contributed by atoms with E-state index in [0.29, 0.717) is 13.1 Å². The van der Waals surface area contributed by atoms with E-state index in [0.717, 1.165) is 24.0 Å². The Hall–Kier alpha value is -0.790. The van der Waals surface area contributed by atoms with Crippen LogP contribution < -0.4 is 5.32 Å². The molecular weight excluding hydrogens is 380 g/mol. The first-order valence-corrected chi connectivity index (χ1v) is 8.57. The lowest BCUT2D eigenvalue weighted by Crippen LogP contribution is -2.45. The van der Waals surface area contributed by atoms with E-state index >= 15 is 0 Å². The number of benzene rings is 1. The predicted molar refractivity (Wildman–Crippen MR) is 94.3 cm³/mol. The molecule has 2 heterocycles. The van der Waals surface area contributed by atoms with Crippen LogP contribution in [-0.2, 0) is 6.18 Å². The fourth-order valence-corrected chi connectivity index (χ4v) is 3.98. The Morgan fingerprint density at radius 3 is 2.46 bits per heavy atom. The number of nitrogens with one attached hydrogen (secondary N) is 1.